The third-order valence-corrected chi connectivity index (χ3v) is 7.13. The maximum absolute atomic E-state index is 13.5. The molecule has 1 aromatic carbocycles. The summed E-state index contributed by atoms with van der Waals surface area (Å²) < 4.78 is 7.97. The van der Waals surface area contributed by atoms with Gasteiger partial charge in [0.25, 0.3) is 5.91 Å². The molecule has 0 spiro atoms. The fraction of sp³-hybridized carbons (Fsp3) is 0.500. The summed E-state index contributed by atoms with van der Waals surface area (Å²) in [5, 5.41) is 4.98. The highest BCUT2D eigenvalue weighted by molar-refractivity contribution is 5.97. The lowest BCUT2D eigenvalue weighted by molar-refractivity contribution is 0.0718. The van der Waals surface area contributed by atoms with Crippen LogP contribution in [0.25, 0.3) is 5.65 Å². The fourth-order valence-corrected chi connectivity index (χ4v) is 5.09. The van der Waals surface area contributed by atoms with Crippen LogP contribution in [0.4, 0.5) is 11.6 Å². The number of rotatable bonds is 2. The van der Waals surface area contributed by atoms with Crippen molar-refractivity contribution in [3.05, 3.63) is 47.7 Å². The first-order chi connectivity index (χ1) is 17.0. The normalized spacial score (nSPS) is 21.7. The van der Waals surface area contributed by atoms with E-state index in [0.717, 1.165) is 68.3 Å². The summed E-state index contributed by atoms with van der Waals surface area (Å²) in [4.78, 5) is 24.8. The Balaban J connectivity index is 1.60. The summed E-state index contributed by atoms with van der Waals surface area (Å²) in [5.74, 6) is 2.47. The molecule has 2 aliphatic heterocycles. The zero-order valence-electron chi connectivity index (χ0n) is 20.9. The SMILES string of the molecule is CCC1c2cc3nc(N4CC[C@H](N)C4)cc(n3n2)N(C)CCCCOc2ccccc2C(=O)N1C. The second kappa shape index (κ2) is 9.73. The van der Waals surface area contributed by atoms with Gasteiger partial charge in [0, 0.05) is 51.9 Å². The molecule has 1 fully saturated rings. The summed E-state index contributed by atoms with van der Waals surface area (Å²) in [5.41, 5.74) is 8.38. The minimum absolute atomic E-state index is 0.0728. The van der Waals surface area contributed by atoms with E-state index in [1.807, 2.05) is 41.9 Å². The lowest BCUT2D eigenvalue weighted by Crippen LogP contribution is -2.31. The second-order valence-corrected chi connectivity index (χ2v) is 9.62. The van der Waals surface area contributed by atoms with Crippen molar-refractivity contribution < 1.29 is 9.53 Å². The van der Waals surface area contributed by atoms with Crippen LogP contribution in [0.3, 0.4) is 0 Å². The van der Waals surface area contributed by atoms with E-state index >= 15 is 0 Å². The molecule has 1 unspecified atom stereocenters. The van der Waals surface area contributed by atoms with E-state index in [0.29, 0.717) is 17.9 Å². The molecule has 1 amide bonds. The molecule has 35 heavy (non-hydrogen) atoms. The van der Waals surface area contributed by atoms with E-state index in [4.69, 9.17) is 20.6 Å². The highest BCUT2D eigenvalue weighted by Crippen LogP contribution is 2.31. The van der Waals surface area contributed by atoms with Gasteiger partial charge in [0.05, 0.1) is 23.9 Å². The summed E-state index contributed by atoms with van der Waals surface area (Å²) in [6.45, 7) is 5.20. The van der Waals surface area contributed by atoms with Crippen LogP contribution in [0.15, 0.2) is 36.4 Å². The van der Waals surface area contributed by atoms with E-state index in [-0.39, 0.29) is 18.0 Å². The van der Waals surface area contributed by atoms with Crippen LogP contribution in [-0.4, -0.2) is 71.8 Å². The van der Waals surface area contributed by atoms with E-state index in [2.05, 4.69) is 29.8 Å². The third kappa shape index (κ3) is 4.52. The van der Waals surface area contributed by atoms with Crippen molar-refractivity contribution in [2.24, 2.45) is 5.73 Å². The number of aromatic nitrogens is 3. The predicted molar refractivity (Wildman–Crippen MR) is 137 cm³/mol. The number of carbonyl (C=O) groups is 1. The molecular weight excluding hydrogens is 442 g/mol. The first-order valence-electron chi connectivity index (χ1n) is 12.6. The number of para-hydroxylation sites is 1. The van der Waals surface area contributed by atoms with Crippen LogP contribution in [0, 0.1) is 0 Å². The quantitative estimate of drug-likeness (QED) is 0.606. The van der Waals surface area contributed by atoms with Crippen LogP contribution in [0.2, 0.25) is 0 Å². The van der Waals surface area contributed by atoms with Gasteiger partial charge in [0.1, 0.15) is 17.4 Å². The van der Waals surface area contributed by atoms with Gasteiger partial charge in [-0.1, -0.05) is 19.1 Å². The third-order valence-electron chi connectivity index (χ3n) is 7.13. The monoisotopic (exact) mass is 477 g/mol. The van der Waals surface area contributed by atoms with Crippen molar-refractivity contribution in [1.29, 1.82) is 0 Å². The van der Waals surface area contributed by atoms with E-state index in [1.54, 1.807) is 4.90 Å². The van der Waals surface area contributed by atoms with Crippen molar-refractivity contribution in [1.82, 2.24) is 19.5 Å². The Kier molecular flexibility index (Phi) is 6.51. The molecule has 9 heteroatoms. The number of carbonyl (C=O) groups excluding carboxylic acids is 1. The Hall–Kier alpha value is -3.33. The highest BCUT2D eigenvalue weighted by atomic mass is 16.5. The van der Waals surface area contributed by atoms with Crippen molar-refractivity contribution >= 4 is 23.2 Å². The maximum Gasteiger partial charge on any atom is 0.257 e. The van der Waals surface area contributed by atoms with Crippen molar-refractivity contribution in [2.45, 2.75) is 44.7 Å². The van der Waals surface area contributed by atoms with Crippen LogP contribution in [0.5, 0.6) is 5.75 Å². The second-order valence-electron chi connectivity index (χ2n) is 9.62. The van der Waals surface area contributed by atoms with Crippen LogP contribution < -0.4 is 20.3 Å². The standard InChI is InChI=1S/C26H35N7O2/c1-4-21-20-15-24-28-23(32-13-11-18(27)17-32)16-25(33(24)29-20)30(2)12-7-8-14-35-22-10-6-5-9-19(22)26(34)31(21)3/h5-6,9-10,15-16,18,21H,4,7-8,11-14,17,27H2,1-3H3/t18-,21?/m0/s1. The van der Waals surface area contributed by atoms with E-state index in [9.17, 15) is 4.79 Å². The zero-order chi connectivity index (χ0) is 24.5. The fourth-order valence-electron chi connectivity index (χ4n) is 5.09. The Bertz CT molecular complexity index is 1210. The minimum atomic E-state index is -0.191. The smallest absolute Gasteiger partial charge is 0.257 e. The molecule has 186 valence electrons. The highest BCUT2D eigenvalue weighted by Gasteiger charge is 2.28. The Morgan fingerprint density at radius 3 is 2.74 bits per heavy atom. The molecule has 0 aliphatic carbocycles. The summed E-state index contributed by atoms with van der Waals surface area (Å²) in [6, 6.07) is 11.6. The van der Waals surface area contributed by atoms with Gasteiger partial charge < -0.3 is 25.2 Å². The summed E-state index contributed by atoms with van der Waals surface area (Å²) in [7, 11) is 3.93. The lowest BCUT2D eigenvalue weighted by atomic mass is 10.1. The van der Waals surface area contributed by atoms with Crippen LogP contribution in [0.1, 0.15) is 54.7 Å². The largest absolute Gasteiger partial charge is 0.493 e. The molecule has 0 saturated carbocycles. The van der Waals surface area contributed by atoms with Gasteiger partial charge in [-0.05, 0) is 37.8 Å². The first kappa shape index (κ1) is 23.4. The van der Waals surface area contributed by atoms with Crippen LogP contribution in [-0.2, 0) is 0 Å². The number of ether oxygens (including phenoxy) is 1. The minimum Gasteiger partial charge on any atom is -0.493 e. The van der Waals surface area contributed by atoms with E-state index in [1.165, 1.54) is 0 Å². The number of benzene rings is 1. The molecule has 0 radical (unpaired) electrons. The van der Waals surface area contributed by atoms with E-state index < -0.39 is 0 Å². The molecule has 2 aromatic heterocycles. The van der Waals surface area contributed by atoms with Gasteiger partial charge in [-0.3, -0.25) is 4.79 Å². The van der Waals surface area contributed by atoms with Crippen molar-refractivity contribution in [2.75, 3.05) is 50.1 Å². The number of nitrogens with two attached hydrogens (primary N) is 1. The molecular formula is C26H35N7O2. The average Bonchev–Trinajstić information content (AvgIpc) is 3.49. The number of fused-ring (bicyclic) bond motifs is 2. The number of anilines is 2. The van der Waals surface area contributed by atoms with Gasteiger partial charge >= 0.3 is 0 Å². The van der Waals surface area contributed by atoms with Crippen molar-refractivity contribution in [3.8, 4) is 5.75 Å². The number of nitrogens with zero attached hydrogens (tertiary/aromatic N) is 6. The molecule has 2 bridgehead atoms. The zero-order valence-corrected chi connectivity index (χ0v) is 20.9. The number of amides is 1. The topological polar surface area (TPSA) is 92.2 Å². The molecule has 9 nitrogen and oxygen atoms in total. The van der Waals surface area contributed by atoms with Gasteiger partial charge in [-0.2, -0.15) is 9.61 Å². The molecule has 1 saturated heterocycles. The number of hydrogen-bond acceptors (Lipinski definition) is 7. The number of hydrogen-bond donors (Lipinski definition) is 1. The van der Waals surface area contributed by atoms with Gasteiger partial charge in [0.15, 0.2) is 5.65 Å². The molecule has 2 atom stereocenters. The molecule has 5 rings (SSSR count). The Morgan fingerprint density at radius 1 is 1.14 bits per heavy atom. The molecule has 2 N–H and O–H groups in total. The molecule has 3 aromatic rings. The van der Waals surface area contributed by atoms with Gasteiger partial charge in [-0.25, -0.2) is 4.98 Å². The average molecular weight is 478 g/mol. The Labute approximate surface area is 206 Å². The van der Waals surface area contributed by atoms with Gasteiger partial charge in [-0.15, -0.1) is 0 Å². The van der Waals surface area contributed by atoms with Crippen LogP contribution >= 0.6 is 0 Å². The van der Waals surface area contributed by atoms with Gasteiger partial charge in [0.2, 0.25) is 0 Å². The molecule has 2 aliphatic rings. The molecule has 4 heterocycles. The predicted octanol–water partition coefficient (Wildman–Crippen LogP) is 3.10. The summed E-state index contributed by atoms with van der Waals surface area (Å²) >= 11 is 0. The Morgan fingerprint density at radius 2 is 1.97 bits per heavy atom. The lowest BCUT2D eigenvalue weighted by Gasteiger charge is -2.26. The first-order valence-corrected chi connectivity index (χ1v) is 12.6. The summed E-state index contributed by atoms with van der Waals surface area (Å²) in [6.07, 6.45) is 3.53. The maximum atomic E-state index is 13.5. The van der Waals surface area contributed by atoms with Crippen molar-refractivity contribution in [3.63, 3.8) is 0 Å².